The lowest BCUT2D eigenvalue weighted by Gasteiger charge is -2.40. The monoisotopic (exact) mass is 377 g/mol. The molecule has 1 saturated carbocycles. The van der Waals surface area contributed by atoms with Gasteiger partial charge in [0.25, 0.3) is 0 Å². The highest BCUT2D eigenvalue weighted by Crippen LogP contribution is 2.29. The molecule has 1 saturated heterocycles. The maximum Gasteiger partial charge on any atom is 0.225 e. The van der Waals surface area contributed by atoms with E-state index in [9.17, 15) is 13.2 Å². The number of carbonyl (C=O) groups is 1. The van der Waals surface area contributed by atoms with Gasteiger partial charge in [0, 0.05) is 25.2 Å². The summed E-state index contributed by atoms with van der Waals surface area (Å²) in [5.41, 5.74) is 0.672. The van der Waals surface area contributed by atoms with E-state index in [1.54, 1.807) is 22.4 Å². The Morgan fingerprint density at radius 2 is 1.96 bits per heavy atom. The van der Waals surface area contributed by atoms with Crippen molar-refractivity contribution in [2.45, 2.75) is 43.9 Å². The topological polar surface area (TPSA) is 96.7 Å². The Kier molecular flexibility index (Phi) is 4.44. The highest BCUT2D eigenvalue weighted by atomic mass is 32.2. The fraction of sp³-hybridized carbons (Fsp3) is 0.588. The number of rotatable bonds is 5. The van der Waals surface area contributed by atoms with Gasteiger partial charge in [0.2, 0.25) is 15.9 Å². The van der Waals surface area contributed by atoms with E-state index in [4.69, 9.17) is 0 Å². The zero-order valence-corrected chi connectivity index (χ0v) is 15.5. The van der Waals surface area contributed by atoms with Crippen LogP contribution in [-0.2, 0) is 14.8 Å². The maximum atomic E-state index is 12.6. The number of nitrogens with zero attached hydrogens (tertiary/aromatic N) is 4. The number of aromatic nitrogens is 3. The van der Waals surface area contributed by atoms with E-state index in [-0.39, 0.29) is 24.9 Å². The molecule has 2 fully saturated rings. The number of carbonyl (C=O) groups excluding carboxylic acids is 1. The summed E-state index contributed by atoms with van der Waals surface area (Å²) in [6.45, 7) is 2.30. The summed E-state index contributed by atoms with van der Waals surface area (Å²) in [6.07, 6.45) is 5.86. The predicted molar refractivity (Wildman–Crippen MR) is 95.8 cm³/mol. The van der Waals surface area contributed by atoms with Crippen molar-refractivity contribution in [3.63, 3.8) is 0 Å². The van der Waals surface area contributed by atoms with Crippen LogP contribution in [-0.4, -0.2) is 52.2 Å². The highest BCUT2D eigenvalue weighted by Gasteiger charge is 2.42. The van der Waals surface area contributed by atoms with Gasteiger partial charge < -0.3 is 4.90 Å². The number of amides is 1. The Bertz CT molecular complexity index is 913. The first-order chi connectivity index (χ1) is 12.5. The van der Waals surface area contributed by atoms with Crippen LogP contribution in [0.2, 0.25) is 0 Å². The number of hydrogen-bond acceptors (Lipinski definition) is 5. The molecular weight excluding hydrogens is 354 g/mol. The van der Waals surface area contributed by atoms with Gasteiger partial charge in [-0.15, -0.1) is 10.2 Å². The third-order valence-electron chi connectivity index (χ3n) is 5.37. The molecule has 1 aliphatic carbocycles. The van der Waals surface area contributed by atoms with E-state index < -0.39 is 21.3 Å². The third kappa shape index (κ3) is 3.09. The molecular formula is C17H23N5O3S. The van der Waals surface area contributed by atoms with Crippen LogP contribution in [0.4, 0.5) is 0 Å². The summed E-state index contributed by atoms with van der Waals surface area (Å²) in [5, 5.41) is 7.59. The summed E-state index contributed by atoms with van der Waals surface area (Å²) in [4.78, 5) is 14.0. The number of pyridine rings is 1. The molecule has 2 aromatic heterocycles. The van der Waals surface area contributed by atoms with Gasteiger partial charge in [-0.25, -0.2) is 13.1 Å². The van der Waals surface area contributed by atoms with Gasteiger partial charge in [0.05, 0.1) is 6.04 Å². The molecule has 0 spiro atoms. The number of nitrogens with one attached hydrogen (secondary N) is 1. The molecule has 1 atom stereocenters. The molecule has 2 aliphatic rings. The van der Waals surface area contributed by atoms with Crippen molar-refractivity contribution in [3.8, 4) is 0 Å². The minimum absolute atomic E-state index is 0.0906. The van der Waals surface area contributed by atoms with Crippen molar-refractivity contribution in [2.75, 3.05) is 13.1 Å². The molecule has 0 bridgehead atoms. The van der Waals surface area contributed by atoms with Crippen molar-refractivity contribution < 1.29 is 13.2 Å². The van der Waals surface area contributed by atoms with Crippen LogP contribution in [0.3, 0.4) is 0 Å². The molecule has 1 amide bonds. The summed E-state index contributed by atoms with van der Waals surface area (Å²) in [5.74, 6) is 0.751. The first kappa shape index (κ1) is 17.4. The fourth-order valence-electron chi connectivity index (χ4n) is 3.80. The first-order valence-corrected chi connectivity index (χ1v) is 10.6. The van der Waals surface area contributed by atoms with Crippen molar-refractivity contribution in [1.29, 1.82) is 0 Å². The molecule has 2 aromatic rings. The van der Waals surface area contributed by atoms with Crippen LogP contribution in [0.15, 0.2) is 24.4 Å². The Morgan fingerprint density at radius 3 is 2.69 bits per heavy atom. The third-order valence-corrected chi connectivity index (χ3v) is 7.23. The van der Waals surface area contributed by atoms with Gasteiger partial charge >= 0.3 is 0 Å². The van der Waals surface area contributed by atoms with E-state index in [0.29, 0.717) is 11.5 Å². The van der Waals surface area contributed by atoms with Gasteiger partial charge in [-0.2, -0.15) is 0 Å². The first-order valence-electron chi connectivity index (χ1n) is 9.05. The Balaban J connectivity index is 1.39. The van der Waals surface area contributed by atoms with E-state index in [2.05, 4.69) is 14.9 Å². The van der Waals surface area contributed by atoms with E-state index in [1.807, 2.05) is 18.2 Å². The van der Waals surface area contributed by atoms with Crippen molar-refractivity contribution in [3.05, 3.63) is 30.2 Å². The average molecular weight is 377 g/mol. The lowest BCUT2D eigenvalue weighted by molar-refractivity contribution is -0.138. The Hall–Kier alpha value is -2.00. The summed E-state index contributed by atoms with van der Waals surface area (Å²) < 4.78 is 29.7. The van der Waals surface area contributed by atoms with Crippen LogP contribution in [0.25, 0.3) is 5.65 Å². The molecule has 1 N–H and O–H groups in total. The number of hydrogen-bond donors (Lipinski definition) is 1. The van der Waals surface area contributed by atoms with Gasteiger partial charge in [-0.05, 0) is 31.9 Å². The van der Waals surface area contributed by atoms with E-state index in [1.165, 1.54) is 0 Å². The molecule has 9 heteroatoms. The van der Waals surface area contributed by atoms with Crippen molar-refractivity contribution in [2.24, 2.45) is 5.92 Å². The molecule has 1 aliphatic heterocycles. The molecule has 4 rings (SSSR count). The number of sulfonamides is 1. The van der Waals surface area contributed by atoms with Crippen LogP contribution in [0.5, 0.6) is 0 Å². The zero-order valence-electron chi connectivity index (χ0n) is 14.7. The average Bonchev–Trinajstić information content (AvgIpc) is 3.22. The minimum Gasteiger partial charge on any atom is -0.340 e. The number of likely N-dealkylation sites (tertiary alicyclic amines) is 1. The summed E-state index contributed by atoms with van der Waals surface area (Å²) >= 11 is 0. The van der Waals surface area contributed by atoms with Crippen LogP contribution in [0, 0.1) is 5.92 Å². The lowest BCUT2D eigenvalue weighted by Crippen LogP contribution is -2.60. The van der Waals surface area contributed by atoms with Gasteiger partial charge in [-0.1, -0.05) is 18.9 Å². The molecule has 0 aromatic carbocycles. The van der Waals surface area contributed by atoms with Crippen LogP contribution >= 0.6 is 0 Å². The second-order valence-corrected chi connectivity index (χ2v) is 9.21. The smallest absolute Gasteiger partial charge is 0.225 e. The molecule has 8 nitrogen and oxygen atoms in total. The zero-order chi connectivity index (χ0) is 18.3. The molecule has 26 heavy (non-hydrogen) atoms. The SMILES string of the molecule is C[C@@H](NS(=O)(=O)C1CN(C(=O)C2CCCC2)C1)c1nnc2ccccn12. The Morgan fingerprint density at radius 1 is 1.23 bits per heavy atom. The lowest BCUT2D eigenvalue weighted by atomic mass is 10.0. The van der Waals surface area contributed by atoms with Gasteiger partial charge in [0.1, 0.15) is 5.25 Å². The number of fused-ring (bicyclic) bond motifs is 1. The van der Waals surface area contributed by atoms with Gasteiger partial charge in [-0.3, -0.25) is 9.20 Å². The van der Waals surface area contributed by atoms with Crippen LogP contribution in [0.1, 0.15) is 44.5 Å². The maximum absolute atomic E-state index is 12.6. The predicted octanol–water partition coefficient (Wildman–Crippen LogP) is 1.11. The fourth-order valence-corrected chi connectivity index (χ4v) is 5.34. The second kappa shape index (κ2) is 6.62. The standard InChI is InChI=1S/C17H23N5O3S/c1-12(16-19-18-15-8-4-5-9-22(15)16)20-26(24,25)14-10-21(11-14)17(23)13-6-2-3-7-13/h4-5,8-9,12-14,20H,2-3,6-7,10-11H2,1H3/t12-/m1/s1. The minimum atomic E-state index is -3.53. The molecule has 0 radical (unpaired) electrons. The normalized spacial score (nSPS) is 20.4. The van der Waals surface area contributed by atoms with Crippen LogP contribution < -0.4 is 4.72 Å². The molecule has 3 heterocycles. The molecule has 140 valence electrons. The van der Waals surface area contributed by atoms with Crippen molar-refractivity contribution >= 4 is 21.6 Å². The van der Waals surface area contributed by atoms with E-state index in [0.717, 1.165) is 25.7 Å². The summed E-state index contributed by atoms with van der Waals surface area (Å²) in [6, 6.07) is 5.01. The van der Waals surface area contributed by atoms with E-state index >= 15 is 0 Å². The Labute approximate surface area is 152 Å². The molecule has 0 unspecified atom stereocenters. The van der Waals surface area contributed by atoms with Gasteiger partial charge in [0.15, 0.2) is 11.5 Å². The second-order valence-electron chi connectivity index (χ2n) is 7.22. The van der Waals surface area contributed by atoms with Crippen molar-refractivity contribution in [1.82, 2.24) is 24.2 Å². The largest absolute Gasteiger partial charge is 0.340 e. The quantitative estimate of drug-likeness (QED) is 0.842. The summed E-state index contributed by atoms with van der Waals surface area (Å²) in [7, 11) is -3.53. The highest BCUT2D eigenvalue weighted by molar-refractivity contribution is 7.90.